The Morgan fingerprint density at radius 1 is 0.298 bits per heavy atom. The molecular formula is C51H31N5O. The lowest BCUT2D eigenvalue weighted by Crippen LogP contribution is -2.00. The lowest BCUT2D eigenvalue weighted by atomic mass is 10.1. The van der Waals surface area contributed by atoms with Crippen LogP contribution in [0.3, 0.4) is 0 Å². The van der Waals surface area contributed by atoms with Crippen molar-refractivity contribution in [3.05, 3.63) is 188 Å². The molecule has 266 valence electrons. The average molecular weight is 730 g/mol. The number of fused-ring (bicyclic) bond motifs is 9. The van der Waals surface area contributed by atoms with Gasteiger partial charge in [-0.05, 0) is 72.8 Å². The number of rotatable bonds is 5. The third-order valence-corrected chi connectivity index (χ3v) is 11.1. The Balaban J connectivity index is 1.07. The molecule has 6 heteroatoms. The smallest absolute Gasteiger partial charge is 0.164 e. The van der Waals surface area contributed by atoms with Gasteiger partial charge in [0.05, 0.1) is 22.1 Å². The fourth-order valence-electron chi connectivity index (χ4n) is 8.55. The van der Waals surface area contributed by atoms with Crippen LogP contribution in [0.25, 0.3) is 111 Å². The first-order valence-electron chi connectivity index (χ1n) is 19.1. The van der Waals surface area contributed by atoms with Gasteiger partial charge in [-0.1, -0.05) is 115 Å². The van der Waals surface area contributed by atoms with Crippen molar-refractivity contribution >= 4 is 65.6 Å². The molecule has 12 aromatic rings. The van der Waals surface area contributed by atoms with E-state index >= 15 is 0 Å². The molecule has 8 aromatic carbocycles. The number of hydrogen-bond donors (Lipinski definition) is 0. The Bertz CT molecular complexity index is 3450. The summed E-state index contributed by atoms with van der Waals surface area (Å²) in [5.74, 6) is 1.87. The van der Waals surface area contributed by atoms with Crippen molar-refractivity contribution in [2.24, 2.45) is 0 Å². The number of aromatic nitrogens is 5. The summed E-state index contributed by atoms with van der Waals surface area (Å²) in [6.45, 7) is 0. The van der Waals surface area contributed by atoms with E-state index in [1.807, 2.05) is 72.8 Å². The van der Waals surface area contributed by atoms with Crippen LogP contribution < -0.4 is 0 Å². The summed E-state index contributed by atoms with van der Waals surface area (Å²) in [6.07, 6.45) is 0. The fourth-order valence-corrected chi connectivity index (χ4v) is 8.55. The van der Waals surface area contributed by atoms with Crippen molar-refractivity contribution < 1.29 is 4.42 Å². The zero-order valence-electron chi connectivity index (χ0n) is 30.5. The minimum absolute atomic E-state index is 0.607. The van der Waals surface area contributed by atoms with Gasteiger partial charge >= 0.3 is 0 Å². The van der Waals surface area contributed by atoms with Gasteiger partial charge < -0.3 is 13.6 Å². The van der Waals surface area contributed by atoms with Crippen LogP contribution in [-0.4, -0.2) is 24.1 Å². The Labute approximate surface area is 326 Å². The predicted octanol–water partition coefficient (Wildman–Crippen LogP) is 13.0. The van der Waals surface area contributed by atoms with E-state index < -0.39 is 0 Å². The maximum atomic E-state index is 6.47. The first-order valence-corrected chi connectivity index (χ1v) is 19.1. The van der Waals surface area contributed by atoms with E-state index in [2.05, 4.69) is 124 Å². The summed E-state index contributed by atoms with van der Waals surface area (Å²) in [7, 11) is 0. The van der Waals surface area contributed by atoms with Crippen molar-refractivity contribution in [2.45, 2.75) is 0 Å². The lowest BCUT2D eigenvalue weighted by Gasteiger charge is -2.10. The van der Waals surface area contributed by atoms with Crippen molar-refractivity contribution in [2.75, 3.05) is 0 Å². The Morgan fingerprint density at radius 3 is 1.37 bits per heavy atom. The molecule has 0 radical (unpaired) electrons. The van der Waals surface area contributed by atoms with Crippen LogP contribution >= 0.6 is 0 Å². The van der Waals surface area contributed by atoms with Crippen LogP contribution in [0.4, 0.5) is 0 Å². The van der Waals surface area contributed by atoms with Crippen LogP contribution in [0.15, 0.2) is 192 Å². The van der Waals surface area contributed by atoms with Gasteiger partial charge in [0, 0.05) is 60.4 Å². The third-order valence-electron chi connectivity index (χ3n) is 11.1. The molecule has 0 amide bonds. The van der Waals surface area contributed by atoms with Gasteiger partial charge in [0.15, 0.2) is 17.5 Å². The minimum atomic E-state index is 0.607. The molecule has 57 heavy (non-hydrogen) atoms. The van der Waals surface area contributed by atoms with Crippen molar-refractivity contribution in [1.82, 2.24) is 24.1 Å². The zero-order valence-corrected chi connectivity index (χ0v) is 30.5. The molecule has 6 nitrogen and oxygen atoms in total. The van der Waals surface area contributed by atoms with E-state index in [4.69, 9.17) is 19.4 Å². The number of furan rings is 1. The highest BCUT2D eigenvalue weighted by Crippen LogP contribution is 2.41. The Kier molecular flexibility index (Phi) is 6.83. The van der Waals surface area contributed by atoms with Crippen LogP contribution in [0.1, 0.15) is 0 Å². The van der Waals surface area contributed by atoms with Gasteiger partial charge in [0.1, 0.15) is 11.2 Å². The maximum Gasteiger partial charge on any atom is 0.164 e. The van der Waals surface area contributed by atoms with Gasteiger partial charge in [-0.2, -0.15) is 0 Å². The van der Waals surface area contributed by atoms with E-state index in [1.54, 1.807) is 0 Å². The first-order chi connectivity index (χ1) is 28.2. The molecule has 12 rings (SSSR count). The van der Waals surface area contributed by atoms with E-state index in [0.29, 0.717) is 17.5 Å². The quantitative estimate of drug-likeness (QED) is 0.177. The summed E-state index contributed by atoms with van der Waals surface area (Å²) >= 11 is 0. The molecule has 0 fully saturated rings. The standard InChI is InChI=1S/C51H31N5O/c1-4-14-32(15-5-1)49-52-50(33-16-6-2-7-17-33)54-51(53-49)34-24-26-47-41(28-34)42-29-36(25-27-48(42)57-47)56-44-23-13-11-21-38(44)40-30-39-37-20-10-12-22-43(37)55(45(39)31-46(40)56)35-18-8-3-9-19-35/h1-31H. The third kappa shape index (κ3) is 4.94. The topological polar surface area (TPSA) is 61.7 Å². The van der Waals surface area contributed by atoms with Crippen molar-refractivity contribution in [1.29, 1.82) is 0 Å². The van der Waals surface area contributed by atoms with Gasteiger partial charge in [0.2, 0.25) is 0 Å². The second kappa shape index (κ2) is 12.3. The zero-order chi connectivity index (χ0) is 37.5. The second-order valence-electron chi connectivity index (χ2n) is 14.5. The minimum Gasteiger partial charge on any atom is -0.456 e. The van der Waals surface area contributed by atoms with Gasteiger partial charge in [-0.3, -0.25) is 0 Å². The molecule has 0 aliphatic rings. The summed E-state index contributed by atoms with van der Waals surface area (Å²) in [5, 5.41) is 6.92. The van der Waals surface area contributed by atoms with E-state index in [1.165, 1.54) is 32.6 Å². The van der Waals surface area contributed by atoms with Gasteiger partial charge in [-0.15, -0.1) is 0 Å². The SMILES string of the molecule is c1ccc(-c2nc(-c3ccccc3)nc(-c3ccc4oc5ccc(-n6c7ccccc7c7cc8c9ccccc9n(-c9ccccc9)c8cc76)cc5c4c3)n2)cc1. The summed E-state index contributed by atoms with van der Waals surface area (Å²) < 4.78 is 11.2. The normalized spacial score (nSPS) is 11.9. The van der Waals surface area contributed by atoms with Gasteiger partial charge in [-0.25, -0.2) is 15.0 Å². The summed E-state index contributed by atoms with van der Waals surface area (Å²) in [5.41, 5.74) is 11.2. The molecular weight excluding hydrogens is 699 g/mol. The van der Waals surface area contributed by atoms with E-state index in [0.717, 1.165) is 61.0 Å². The van der Waals surface area contributed by atoms with Crippen LogP contribution in [0.2, 0.25) is 0 Å². The molecule has 0 spiro atoms. The fraction of sp³-hybridized carbons (Fsp3) is 0. The van der Waals surface area contributed by atoms with Crippen LogP contribution in [0.5, 0.6) is 0 Å². The highest BCUT2D eigenvalue weighted by molar-refractivity contribution is 6.19. The lowest BCUT2D eigenvalue weighted by molar-refractivity contribution is 0.669. The summed E-state index contributed by atoms with van der Waals surface area (Å²) in [6, 6.07) is 65.7. The molecule has 0 saturated heterocycles. The number of benzene rings is 8. The van der Waals surface area contributed by atoms with Gasteiger partial charge in [0.25, 0.3) is 0 Å². The van der Waals surface area contributed by atoms with E-state index in [9.17, 15) is 0 Å². The summed E-state index contributed by atoms with van der Waals surface area (Å²) in [4.78, 5) is 14.9. The molecule has 0 unspecified atom stereocenters. The molecule has 0 atom stereocenters. The van der Waals surface area contributed by atoms with Crippen LogP contribution in [-0.2, 0) is 0 Å². The molecule has 0 N–H and O–H groups in total. The van der Waals surface area contributed by atoms with E-state index in [-0.39, 0.29) is 0 Å². The first kappa shape index (κ1) is 31.5. The molecule has 0 bridgehead atoms. The largest absolute Gasteiger partial charge is 0.456 e. The number of para-hydroxylation sites is 3. The Hall–Kier alpha value is -7.83. The molecule has 0 aliphatic heterocycles. The Morgan fingerprint density at radius 2 is 0.772 bits per heavy atom. The molecule has 4 aromatic heterocycles. The molecule has 0 saturated carbocycles. The molecule has 4 heterocycles. The molecule has 0 aliphatic carbocycles. The number of nitrogens with zero attached hydrogens (tertiary/aromatic N) is 5. The van der Waals surface area contributed by atoms with Crippen LogP contribution in [0, 0.1) is 0 Å². The number of hydrogen-bond acceptors (Lipinski definition) is 4. The second-order valence-corrected chi connectivity index (χ2v) is 14.5. The average Bonchev–Trinajstić information content (AvgIpc) is 3.93. The predicted molar refractivity (Wildman–Crippen MR) is 232 cm³/mol. The highest BCUT2D eigenvalue weighted by atomic mass is 16.3. The maximum absolute atomic E-state index is 6.47. The monoisotopic (exact) mass is 729 g/mol. The van der Waals surface area contributed by atoms with Crippen molar-refractivity contribution in [3.8, 4) is 45.5 Å². The highest BCUT2D eigenvalue weighted by Gasteiger charge is 2.20. The van der Waals surface area contributed by atoms with Crippen molar-refractivity contribution in [3.63, 3.8) is 0 Å².